The van der Waals surface area contributed by atoms with Crippen molar-refractivity contribution in [2.75, 3.05) is 17.2 Å². The molecular formula is C22H25BrN4O. The van der Waals surface area contributed by atoms with Gasteiger partial charge in [0, 0.05) is 21.8 Å². The van der Waals surface area contributed by atoms with Gasteiger partial charge in [0.2, 0.25) is 5.95 Å². The van der Waals surface area contributed by atoms with Gasteiger partial charge in [0.1, 0.15) is 5.82 Å². The number of rotatable bonds is 7. The first-order valence-electron chi connectivity index (χ1n) is 9.31. The van der Waals surface area contributed by atoms with Crippen molar-refractivity contribution in [2.45, 2.75) is 26.8 Å². The molecule has 0 aliphatic carbocycles. The Hall–Kier alpha value is -2.44. The summed E-state index contributed by atoms with van der Waals surface area (Å²) < 4.78 is 1.07. The largest absolute Gasteiger partial charge is 0.394 e. The monoisotopic (exact) mass is 440 g/mol. The Balaban J connectivity index is 1.97. The van der Waals surface area contributed by atoms with Crippen molar-refractivity contribution in [3.8, 4) is 11.3 Å². The number of aromatic nitrogens is 2. The Morgan fingerprint density at radius 3 is 2.43 bits per heavy atom. The zero-order valence-corrected chi connectivity index (χ0v) is 17.9. The highest BCUT2D eigenvalue weighted by atomic mass is 79.9. The summed E-state index contributed by atoms with van der Waals surface area (Å²) in [5, 5.41) is 16.3. The molecule has 0 unspecified atom stereocenters. The quantitative estimate of drug-likeness (QED) is 0.459. The van der Waals surface area contributed by atoms with Crippen LogP contribution in [-0.4, -0.2) is 27.7 Å². The predicted octanol–water partition coefficient (Wildman–Crippen LogP) is 5.39. The number of benzene rings is 2. The first kappa shape index (κ1) is 20.3. The van der Waals surface area contributed by atoms with Gasteiger partial charge < -0.3 is 15.7 Å². The van der Waals surface area contributed by atoms with Crippen LogP contribution in [-0.2, 0) is 0 Å². The average Bonchev–Trinajstić information content (AvgIpc) is 2.69. The molecule has 1 atom stereocenters. The molecule has 2 aromatic carbocycles. The molecule has 146 valence electrons. The fourth-order valence-corrected chi connectivity index (χ4v) is 3.04. The zero-order valence-electron chi connectivity index (χ0n) is 16.3. The third-order valence-electron chi connectivity index (χ3n) is 4.54. The minimum atomic E-state index is -0.117. The van der Waals surface area contributed by atoms with Crippen LogP contribution >= 0.6 is 15.9 Å². The molecule has 0 aliphatic rings. The number of halogens is 1. The molecule has 0 spiro atoms. The van der Waals surface area contributed by atoms with Crippen LogP contribution in [0.2, 0.25) is 0 Å². The highest BCUT2D eigenvalue weighted by molar-refractivity contribution is 9.10. The smallest absolute Gasteiger partial charge is 0.225 e. The molecule has 1 heterocycles. The van der Waals surface area contributed by atoms with E-state index in [1.165, 1.54) is 0 Å². The standard InChI is InChI=1S/C22H25BrN4O/c1-14(2)20(13-28)26-22-25-19(16-7-5-4-6-8-16)12-21(27-22)24-17-9-10-18(23)15(3)11-17/h4-12,14,20,28H,13H2,1-3H3,(H2,24,25,26,27)/t20-/m0/s1. The van der Waals surface area contributed by atoms with Crippen molar-refractivity contribution in [3.63, 3.8) is 0 Å². The van der Waals surface area contributed by atoms with Crippen LogP contribution < -0.4 is 10.6 Å². The van der Waals surface area contributed by atoms with Gasteiger partial charge >= 0.3 is 0 Å². The van der Waals surface area contributed by atoms with E-state index < -0.39 is 0 Å². The molecule has 3 aromatic rings. The van der Waals surface area contributed by atoms with E-state index in [-0.39, 0.29) is 18.6 Å². The summed E-state index contributed by atoms with van der Waals surface area (Å²) in [4.78, 5) is 9.29. The lowest BCUT2D eigenvalue weighted by Crippen LogP contribution is -2.30. The highest BCUT2D eigenvalue weighted by Gasteiger charge is 2.15. The maximum absolute atomic E-state index is 9.67. The summed E-state index contributed by atoms with van der Waals surface area (Å²) in [6, 6.07) is 17.9. The maximum atomic E-state index is 9.67. The lowest BCUT2D eigenvalue weighted by atomic mass is 10.1. The van der Waals surface area contributed by atoms with Gasteiger partial charge in [0.25, 0.3) is 0 Å². The molecule has 0 radical (unpaired) electrons. The van der Waals surface area contributed by atoms with E-state index in [1.807, 2.05) is 55.5 Å². The third kappa shape index (κ3) is 5.09. The molecule has 3 N–H and O–H groups in total. The first-order valence-corrected chi connectivity index (χ1v) is 10.1. The number of hydrogen-bond acceptors (Lipinski definition) is 5. The van der Waals surface area contributed by atoms with Crippen LogP contribution in [0.15, 0.2) is 59.1 Å². The minimum Gasteiger partial charge on any atom is -0.394 e. The molecule has 3 rings (SSSR count). The average molecular weight is 441 g/mol. The second-order valence-corrected chi connectivity index (χ2v) is 7.95. The Bertz CT molecular complexity index is 931. The van der Waals surface area contributed by atoms with Crippen molar-refractivity contribution in [1.29, 1.82) is 0 Å². The third-order valence-corrected chi connectivity index (χ3v) is 5.43. The Morgan fingerprint density at radius 1 is 1.04 bits per heavy atom. The van der Waals surface area contributed by atoms with Crippen LogP contribution in [0.25, 0.3) is 11.3 Å². The number of nitrogens with one attached hydrogen (secondary N) is 2. The molecule has 5 nitrogen and oxygen atoms in total. The van der Waals surface area contributed by atoms with E-state index >= 15 is 0 Å². The Morgan fingerprint density at radius 2 is 1.79 bits per heavy atom. The van der Waals surface area contributed by atoms with Gasteiger partial charge in [-0.3, -0.25) is 0 Å². The second-order valence-electron chi connectivity index (χ2n) is 7.09. The summed E-state index contributed by atoms with van der Waals surface area (Å²) in [6.45, 7) is 6.18. The second kappa shape index (κ2) is 9.17. The van der Waals surface area contributed by atoms with Gasteiger partial charge in [-0.1, -0.05) is 60.1 Å². The van der Waals surface area contributed by atoms with E-state index in [4.69, 9.17) is 0 Å². The van der Waals surface area contributed by atoms with Crippen LogP contribution in [0, 0.1) is 12.8 Å². The molecule has 0 saturated heterocycles. The maximum Gasteiger partial charge on any atom is 0.225 e. The van der Waals surface area contributed by atoms with Gasteiger partial charge in [-0.05, 0) is 36.6 Å². The molecule has 1 aromatic heterocycles. The van der Waals surface area contributed by atoms with Gasteiger partial charge in [0.05, 0.1) is 18.3 Å². The van der Waals surface area contributed by atoms with Crippen molar-refractivity contribution in [1.82, 2.24) is 9.97 Å². The van der Waals surface area contributed by atoms with Crippen LogP contribution in [0.5, 0.6) is 0 Å². The lowest BCUT2D eigenvalue weighted by molar-refractivity contribution is 0.248. The van der Waals surface area contributed by atoms with Crippen LogP contribution in [0.4, 0.5) is 17.5 Å². The summed E-state index contributed by atoms with van der Waals surface area (Å²) in [7, 11) is 0. The number of aliphatic hydroxyl groups excluding tert-OH is 1. The Labute approximate surface area is 174 Å². The summed E-state index contributed by atoms with van der Waals surface area (Å²) in [6.07, 6.45) is 0. The number of hydrogen-bond donors (Lipinski definition) is 3. The molecule has 0 bridgehead atoms. The van der Waals surface area contributed by atoms with Crippen LogP contribution in [0.3, 0.4) is 0 Å². The van der Waals surface area contributed by atoms with Gasteiger partial charge in [-0.25, -0.2) is 4.98 Å². The summed E-state index contributed by atoms with van der Waals surface area (Å²) in [5.41, 5.74) is 3.91. The SMILES string of the molecule is Cc1cc(Nc2cc(-c3ccccc3)nc(N[C@@H](CO)C(C)C)n2)ccc1Br. The van der Waals surface area contributed by atoms with Crippen molar-refractivity contribution in [3.05, 3.63) is 64.6 Å². The number of aryl methyl sites for hydroxylation is 1. The van der Waals surface area contributed by atoms with E-state index in [1.54, 1.807) is 0 Å². The minimum absolute atomic E-state index is 0.0191. The lowest BCUT2D eigenvalue weighted by Gasteiger charge is -2.20. The normalized spacial score (nSPS) is 12.1. The number of aliphatic hydroxyl groups is 1. The molecule has 0 saturated carbocycles. The van der Waals surface area contributed by atoms with Gasteiger partial charge in [-0.2, -0.15) is 4.98 Å². The van der Waals surface area contributed by atoms with Crippen molar-refractivity contribution in [2.24, 2.45) is 5.92 Å². The predicted molar refractivity (Wildman–Crippen MR) is 119 cm³/mol. The molecule has 0 aliphatic heterocycles. The van der Waals surface area contributed by atoms with Gasteiger partial charge in [0.15, 0.2) is 0 Å². The van der Waals surface area contributed by atoms with Gasteiger partial charge in [-0.15, -0.1) is 0 Å². The topological polar surface area (TPSA) is 70.1 Å². The van der Waals surface area contributed by atoms with E-state index in [2.05, 4.69) is 56.4 Å². The zero-order chi connectivity index (χ0) is 20.1. The molecule has 6 heteroatoms. The fourth-order valence-electron chi connectivity index (χ4n) is 2.79. The van der Waals surface area contributed by atoms with E-state index in [0.29, 0.717) is 11.8 Å². The fraction of sp³-hybridized carbons (Fsp3) is 0.273. The number of nitrogens with zero attached hydrogens (tertiary/aromatic N) is 2. The summed E-state index contributed by atoms with van der Waals surface area (Å²) >= 11 is 3.53. The van der Waals surface area contributed by atoms with Crippen LogP contribution in [0.1, 0.15) is 19.4 Å². The molecule has 0 fully saturated rings. The van der Waals surface area contributed by atoms with E-state index in [0.717, 1.165) is 27.0 Å². The number of anilines is 3. The molecule has 0 amide bonds. The van der Waals surface area contributed by atoms with Crippen molar-refractivity contribution < 1.29 is 5.11 Å². The molecular weight excluding hydrogens is 416 g/mol. The van der Waals surface area contributed by atoms with E-state index in [9.17, 15) is 5.11 Å². The molecule has 28 heavy (non-hydrogen) atoms. The highest BCUT2D eigenvalue weighted by Crippen LogP contribution is 2.26. The summed E-state index contributed by atoms with van der Waals surface area (Å²) in [5.74, 6) is 1.43. The van der Waals surface area contributed by atoms with Crippen molar-refractivity contribution >= 4 is 33.4 Å². The first-order chi connectivity index (χ1) is 13.5. The Kier molecular flexibility index (Phi) is 6.65.